The average Bonchev–Trinajstić information content (AvgIpc) is 3.52. The smallest absolute Gasteiger partial charge is 0.246 e. The highest BCUT2D eigenvalue weighted by Crippen LogP contribution is 2.44. The average molecular weight is 987 g/mol. The lowest BCUT2D eigenvalue weighted by Gasteiger charge is -2.43. The summed E-state index contributed by atoms with van der Waals surface area (Å²) in [6.07, 6.45) is 0.627. The number of aliphatic hydroxyl groups excluding tert-OH is 1. The molecule has 1 unspecified atom stereocenters. The minimum absolute atomic E-state index is 0.0187. The summed E-state index contributed by atoms with van der Waals surface area (Å²) < 4.78 is 64.7. The topological polar surface area (TPSA) is 158 Å². The number of ether oxygens (including phenoxy) is 3. The molecule has 1 saturated carbocycles. The van der Waals surface area contributed by atoms with E-state index in [-0.39, 0.29) is 81.0 Å². The van der Waals surface area contributed by atoms with Gasteiger partial charge in [-0.2, -0.15) is 0 Å². The summed E-state index contributed by atoms with van der Waals surface area (Å²) in [4.78, 5) is 52.7. The molecule has 17 heteroatoms. The van der Waals surface area contributed by atoms with Crippen molar-refractivity contribution in [2.45, 2.75) is 110 Å². The van der Waals surface area contributed by atoms with Crippen molar-refractivity contribution in [1.29, 1.82) is 0 Å². The van der Waals surface area contributed by atoms with Crippen molar-refractivity contribution in [3.8, 4) is 16.2 Å². The minimum Gasteiger partial charge on any atom is -0.491 e. The van der Waals surface area contributed by atoms with Crippen LogP contribution >= 0.6 is 11.3 Å². The molecule has 70 heavy (non-hydrogen) atoms. The number of aliphatic hydroxyl groups is 1. The molecule has 1 saturated heterocycles. The van der Waals surface area contributed by atoms with Gasteiger partial charge in [0.2, 0.25) is 17.7 Å². The maximum Gasteiger partial charge on any atom is 0.246 e. The largest absolute Gasteiger partial charge is 0.491 e. The van der Waals surface area contributed by atoms with Crippen molar-refractivity contribution in [3.05, 3.63) is 106 Å². The molecule has 3 aromatic carbocycles. The first-order chi connectivity index (χ1) is 33.3. The number of H-pyrrole nitrogens is 1. The van der Waals surface area contributed by atoms with Gasteiger partial charge >= 0.3 is 0 Å². The molecule has 8 rings (SSSR count). The number of likely N-dealkylation sites (tertiary alicyclic amines) is 1. The second kappa shape index (κ2) is 21.2. The van der Waals surface area contributed by atoms with E-state index in [4.69, 9.17) is 14.2 Å². The van der Waals surface area contributed by atoms with Gasteiger partial charge in [0.25, 0.3) is 0 Å². The SMILES string of the molecule is Cc1ncsc1-c1ccc(CNC(=O)[C@@H]2C[C@@H](O)CN2C(=O)C(NC(=O)COC[C@@H]2C[C@@H]2COCCOc2cc(F)c([C@@H]3c4[nH]c5ccccc5c4C[C@@H](C)N3CC(C)(C)F)c(F)c2)C(C)(C)C)cc1. The number of β-amino-alcohol motifs (C(OH)–C–C–N with tert-alkyl or cyclic N) is 1. The molecule has 2 aromatic heterocycles. The first-order valence-electron chi connectivity index (χ1n) is 24.1. The Morgan fingerprint density at radius 3 is 2.34 bits per heavy atom. The Morgan fingerprint density at radius 1 is 0.971 bits per heavy atom. The number of rotatable bonds is 19. The number of aromatic amines is 1. The molecule has 0 bridgehead atoms. The van der Waals surface area contributed by atoms with Gasteiger partial charge < -0.3 is 39.8 Å². The molecule has 13 nitrogen and oxygen atoms in total. The van der Waals surface area contributed by atoms with Crippen LogP contribution in [0.3, 0.4) is 0 Å². The third-order valence-corrected chi connectivity index (χ3v) is 14.6. The summed E-state index contributed by atoms with van der Waals surface area (Å²) in [7, 11) is 0. The van der Waals surface area contributed by atoms with Gasteiger partial charge in [0.1, 0.15) is 48.4 Å². The van der Waals surface area contributed by atoms with Crippen molar-refractivity contribution in [2.24, 2.45) is 17.3 Å². The number of alkyl halides is 1. The number of aromatic nitrogens is 2. The minimum atomic E-state index is -1.61. The summed E-state index contributed by atoms with van der Waals surface area (Å²) in [5.74, 6) is -2.50. The van der Waals surface area contributed by atoms with Crippen molar-refractivity contribution >= 4 is 40.0 Å². The van der Waals surface area contributed by atoms with Gasteiger partial charge in [0.05, 0.1) is 41.4 Å². The van der Waals surface area contributed by atoms with Crippen LogP contribution in [-0.4, -0.2) is 119 Å². The quantitative estimate of drug-likeness (QED) is 0.0606. The molecule has 5 aromatic rings. The van der Waals surface area contributed by atoms with Crippen LogP contribution in [0.2, 0.25) is 0 Å². The van der Waals surface area contributed by atoms with Crippen LogP contribution in [-0.2, 0) is 36.8 Å². The first-order valence-corrected chi connectivity index (χ1v) is 25.0. The third-order valence-electron chi connectivity index (χ3n) is 13.6. The molecular formula is C53H65F3N6O7S. The van der Waals surface area contributed by atoms with E-state index in [1.165, 1.54) is 30.9 Å². The highest BCUT2D eigenvalue weighted by molar-refractivity contribution is 7.13. The number of thiazole rings is 1. The molecule has 4 N–H and O–H groups in total. The molecule has 1 aliphatic carbocycles. The predicted octanol–water partition coefficient (Wildman–Crippen LogP) is 7.82. The number of carbonyl (C=O) groups is 3. The van der Waals surface area contributed by atoms with Crippen molar-refractivity contribution in [1.82, 2.24) is 30.4 Å². The molecule has 0 spiro atoms. The summed E-state index contributed by atoms with van der Waals surface area (Å²) in [5.41, 5.74) is 4.68. The van der Waals surface area contributed by atoms with E-state index in [0.717, 1.165) is 44.6 Å². The second-order valence-electron chi connectivity index (χ2n) is 20.8. The van der Waals surface area contributed by atoms with Crippen LogP contribution in [0.1, 0.15) is 88.5 Å². The Morgan fingerprint density at radius 2 is 1.67 bits per heavy atom. The fourth-order valence-electron chi connectivity index (χ4n) is 9.86. The number of halogens is 3. The third kappa shape index (κ3) is 11.9. The Kier molecular flexibility index (Phi) is 15.4. The number of para-hydroxylation sites is 1. The molecule has 3 aliphatic rings. The zero-order valence-electron chi connectivity index (χ0n) is 41.0. The van der Waals surface area contributed by atoms with Crippen molar-refractivity contribution in [2.75, 3.05) is 46.1 Å². The van der Waals surface area contributed by atoms with Crippen LogP contribution in [0.4, 0.5) is 13.2 Å². The van der Waals surface area contributed by atoms with E-state index in [1.807, 2.05) is 88.0 Å². The normalized spacial score (nSPS) is 22.0. The van der Waals surface area contributed by atoms with Crippen LogP contribution in [0.25, 0.3) is 21.3 Å². The Bertz CT molecular complexity index is 2640. The van der Waals surface area contributed by atoms with Crippen LogP contribution in [0, 0.1) is 35.8 Å². The first kappa shape index (κ1) is 51.0. The lowest BCUT2D eigenvalue weighted by molar-refractivity contribution is -0.144. The molecular weight excluding hydrogens is 922 g/mol. The lowest BCUT2D eigenvalue weighted by atomic mass is 9.85. The number of hydrogen-bond acceptors (Lipinski definition) is 10. The van der Waals surface area contributed by atoms with Crippen molar-refractivity contribution < 1.29 is 46.9 Å². The standard InChI is InChI=1S/C53H65F3N6O7S/c1-30-18-39-38-10-8-9-11-42(38)59-46(39)47(62(30)28-53(6,7)56)45-40(54)21-37(22-41(45)55)69-17-16-67-25-34-19-35(34)26-68-27-44(64)60-49(52(3,4)5)51(66)61-24-36(63)20-43(61)50(65)57-23-32-12-14-33(15-13-32)48-31(2)58-29-70-48/h8-15,21-22,29-30,34-36,43,47,49,59,63H,16-20,23-28H2,1-7H3,(H,57,65)(H,60,64)/t30-,34-,35+,36-,43+,47-,49?/m1/s1. The van der Waals surface area contributed by atoms with Gasteiger partial charge in [-0.25, -0.2) is 18.2 Å². The van der Waals surface area contributed by atoms with Gasteiger partial charge in [0, 0.05) is 73.0 Å². The predicted molar refractivity (Wildman–Crippen MR) is 262 cm³/mol. The van der Waals surface area contributed by atoms with Gasteiger partial charge in [0.15, 0.2) is 0 Å². The zero-order chi connectivity index (χ0) is 50.1. The number of nitrogens with zero attached hydrogens (tertiary/aromatic N) is 3. The number of fused-ring (bicyclic) bond motifs is 3. The number of amides is 3. The number of carbonyl (C=O) groups excluding carboxylic acids is 3. The van der Waals surface area contributed by atoms with Crippen molar-refractivity contribution in [3.63, 3.8) is 0 Å². The fourth-order valence-corrected chi connectivity index (χ4v) is 10.7. The molecule has 7 atom stereocenters. The van der Waals surface area contributed by atoms with E-state index >= 15 is 13.2 Å². The number of hydrogen-bond donors (Lipinski definition) is 4. The van der Waals surface area contributed by atoms with E-state index in [0.29, 0.717) is 25.3 Å². The molecule has 2 aliphatic heterocycles. The van der Waals surface area contributed by atoms with Gasteiger partial charge in [-0.1, -0.05) is 63.2 Å². The Balaban J connectivity index is 0.770. The summed E-state index contributed by atoms with van der Waals surface area (Å²) in [5, 5.41) is 17.3. The summed E-state index contributed by atoms with van der Waals surface area (Å²) in [6.45, 7) is 13.2. The molecule has 376 valence electrons. The number of aryl methyl sites for hydroxylation is 1. The van der Waals surface area contributed by atoms with E-state index in [9.17, 15) is 19.5 Å². The molecule has 3 amide bonds. The highest BCUT2D eigenvalue weighted by atomic mass is 32.1. The Hall–Kier alpha value is -5.33. The van der Waals surface area contributed by atoms with Crippen LogP contribution in [0.5, 0.6) is 5.75 Å². The molecule has 4 heterocycles. The fraction of sp³-hybridized carbons (Fsp3) is 0.509. The van der Waals surface area contributed by atoms with E-state index in [1.54, 1.807) is 16.8 Å². The lowest BCUT2D eigenvalue weighted by Crippen LogP contribution is -2.58. The molecule has 0 radical (unpaired) electrons. The van der Waals surface area contributed by atoms with Crippen LogP contribution < -0.4 is 15.4 Å². The summed E-state index contributed by atoms with van der Waals surface area (Å²) >= 11 is 1.56. The van der Waals surface area contributed by atoms with Crippen LogP contribution in [0.15, 0.2) is 66.2 Å². The maximum absolute atomic E-state index is 16.1. The van der Waals surface area contributed by atoms with Gasteiger partial charge in [-0.05, 0) is 80.5 Å². The monoisotopic (exact) mass is 986 g/mol. The molecule has 2 fully saturated rings. The van der Waals surface area contributed by atoms with E-state index < -0.39 is 58.8 Å². The zero-order valence-corrected chi connectivity index (χ0v) is 41.8. The Labute approximate surface area is 411 Å². The number of benzene rings is 3. The maximum atomic E-state index is 16.1. The second-order valence-corrected chi connectivity index (χ2v) is 21.7. The van der Waals surface area contributed by atoms with Gasteiger partial charge in [-0.3, -0.25) is 19.3 Å². The summed E-state index contributed by atoms with van der Waals surface area (Å²) in [6, 6.07) is 15.0. The highest BCUT2D eigenvalue weighted by Gasteiger charge is 2.45. The number of nitrogens with one attached hydrogen (secondary N) is 3. The van der Waals surface area contributed by atoms with E-state index in [2.05, 4.69) is 20.6 Å². The van der Waals surface area contributed by atoms with Gasteiger partial charge in [-0.15, -0.1) is 11.3 Å².